The van der Waals surface area contributed by atoms with Gasteiger partial charge < -0.3 is 5.11 Å². The van der Waals surface area contributed by atoms with Gasteiger partial charge in [0.1, 0.15) is 4.90 Å². The summed E-state index contributed by atoms with van der Waals surface area (Å²) in [5, 5.41) is 8.72. The quantitative estimate of drug-likeness (QED) is 0.779. The second kappa shape index (κ2) is 7.04. The molecule has 0 unspecified atom stereocenters. The molecule has 7 heteroatoms. The van der Waals surface area contributed by atoms with Crippen LogP contribution >= 0.6 is 11.6 Å². The molecule has 0 saturated heterocycles. The number of aromatic carboxylic acids is 1. The molecule has 0 atom stereocenters. The Bertz CT molecular complexity index is 599. The summed E-state index contributed by atoms with van der Waals surface area (Å²) < 4.78 is 38.1. The molecule has 0 aromatic heterocycles. The number of hydrogen-bond donors (Lipinski definition) is 1. The van der Waals surface area contributed by atoms with Crippen LogP contribution in [0.5, 0.6) is 0 Å². The second-order valence-corrected chi connectivity index (χ2v) is 6.96. The molecule has 0 heterocycles. The van der Waals surface area contributed by atoms with Gasteiger partial charge in [0.05, 0.1) is 11.3 Å². The lowest BCUT2D eigenvalue weighted by Crippen LogP contribution is -2.12. The lowest BCUT2D eigenvalue weighted by Gasteiger charge is -2.08. The highest BCUT2D eigenvalue weighted by Gasteiger charge is 2.24. The van der Waals surface area contributed by atoms with Gasteiger partial charge in [-0.25, -0.2) is 17.6 Å². The maximum absolute atomic E-state index is 14.0. The van der Waals surface area contributed by atoms with Crippen molar-refractivity contribution in [3.05, 3.63) is 28.5 Å². The van der Waals surface area contributed by atoms with Gasteiger partial charge in [-0.3, -0.25) is 0 Å². The van der Waals surface area contributed by atoms with E-state index in [0.717, 1.165) is 31.4 Å². The van der Waals surface area contributed by atoms with Crippen LogP contribution in [0.1, 0.15) is 43.0 Å². The number of sulfone groups is 1. The maximum Gasteiger partial charge on any atom is 0.338 e. The SMILES string of the molecule is CCCCCCS(=O)(=O)c1cc(Cl)cc(C(=O)O)c1F. The first-order valence-corrected chi connectivity index (χ1v) is 8.27. The van der Waals surface area contributed by atoms with Crippen molar-refractivity contribution in [2.45, 2.75) is 37.5 Å². The summed E-state index contributed by atoms with van der Waals surface area (Å²) in [6, 6.07) is 1.85. The van der Waals surface area contributed by atoms with Crippen LogP contribution in [0.3, 0.4) is 0 Å². The number of rotatable bonds is 7. The van der Waals surface area contributed by atoms with Crippen molar-refractivity contribution < 1.29 is 22.7 Å². The van der Waals surface area contributed by atoms with Gasteiger partial charge in [0.15, 0.2) is 15.7 Å². The summed E-state index contributed by atoms with van der Waals surface area (Å²) in [5.74, 6) is -3.02. The predicted octanol–water partition coefficient (Wildman–Crippen LogP) is 3.53. The van der Waals surface area contributed by atoms with E-state index in [0.29, 0.717) is 6.42 Å². The minimum atomic E-state index is -3.87. The van der Waals surface area contributed by atoms with E-state index in [1.54, 1.807) is 0 Å². The number of benzene rings is 1. The van der Waals surface area contributed by atoms with Gasteiger partial charge in [-0.15, -0.1) is 0 Å². The average Bonchev–Trinajstić information content (AvgIpc) is 2.36. The molecular weight excluding hydrogens is 307 g/mol. The summed E-state index contributed by atoms with van der Waals surface area (Å²) in [5.41, 5.74) is -0.732. The molecule has 0 aliphatic carbocycles. The van der Waals surface area contributed by atoms with Crippen LogP contribution in [-0.2, 0) is 9.84 Å². The molecule has 0 aliphatic heterocycles. The summed E-state index contributed by atoms with van der Waals surface area (Å²) in [6.45, 7) is 1.99. The molecule has 0 radical (unpaired) electrons. The molecule has 112 valence electrons. The minimum absolute atomic E-state index is 0.115. The number of halogens is 2. The number of hydrogen-bond acceptors (Lipinski definition) is 3. The Morgan fingerprint density at radius 1 is 1.30 bits per heavy atom. The van der Waals surface area contributed by atoms with E-state index in [1.807, 2.05) is 6.92 Å². The number of carbonyl (C=O) groups is 1. The van der Waals surface area contributed by atoms with Crippen LogP contribution in [0.2, 0.25) is 5.02 Å². The minimum Gasteiger partial charge on any atom is -0.478 e. The van der Waals surface area contributed by atoms with Crippen LogP contribution < -0.4 is 0 Å². The second-order valence-electron chi connectivity index (χ2n) is 4.45. The first-order valence-electron chi connectivity index (χ1n) is 6.24. The van der Waals surface area contributed by atoms with E-state index < -0.39 is 32.1 Å². The van der Waals surface area contributed by atoms with Gasteiger partial charge in [0.2, 0.25) is 0 Å². The summed E-state index contributed by atoms with van der Waals surface area (Å²) in [4.78, 5) is 10.2. The van der Waals surface area contributed by atoms with Crippen molar-refractivity contribution >= 4 is 27.4 Å². The first kappa shape index (κ1) is 16.9. The fourth-order valence-electron chi connectivity index (χ4n) is 1.77. The van der Waals surface area contributed by atoms with Crippen molar-refractivity contribution in [1.29, 1.82) is 0 Å². The standard InChI is InChI=1S/C13H16ClFO4S/c1-2-3-4-5-6-20(18,19)11-8-9(14)7-10(12(11)15)13(16)17/h7-8H,2-6H2,1H3,(H,16,17). The third-order valence-electron chi connectivity index (χ3n) is 2.84. The Morgan fingerprint density at radius 3 is 2.50 bits per heavy atom. The van der Waals surface area contributed by atoms with Crippen LogP contribution in [0.25, 0.3) is 0 Å². The summed E-state index contributed by atoms with van der Waals surface area (Å²) >= 11 is 5.66. The van der Waals surface area contributed by atoms with Crippen molar-refractivity contribution in [2.75, 3.05) is 5.75 Å². The third kappa shape index (κ3) is 4.18. The molecule has 0 spiro atoms. The summed E-state index contributed by atoms with van der Waals surface area (Å²) in [6.07, 6.45) is 2.98. The van der Waals surface area contributed by atoms with Crippen LogP contribution in [0.4, 0.5) is 4.39 Å². The fourth-order valence-corrected chi connectivity index (χ4v) is 3.55. The molecule has 0 aliphatic rings. The molecule has 4 nitrogen and oxygen atoms in total. The van der Waals surface area contributed by atoms with Crippen molar-refractivity contribution in [3.8, 4) is 0 Å². The molecular formula is C13H16ClFO4S. The van der Waals surface area contributed by atoms with Crippen LogP contribution in [0, 0.1) is 5.82 Å². The van der Waals surface area contributed by atoms with E-state index in [9.17, 15) is 17.6 Å². The lowest BCUT2D eigenvalue weighted by molar-refractivity contribution is 0.0691. The lowest BCUT2D eigenvalue weighted by atomic mass is 10.2. The highest BCUT2D eigenvalue weighted by molar-refractivity contribution is 7.91. The van der Waals surface area contributed by atoms with Crippen LogP contribution in [-0.4, -0.2) is 25.2 Å². The molecule has 0 saturated carbocycles. The Kier molecular flexibility index (Phi) is 5.95. The zero-order chi connectivity index (χ0) is 15.3. The number of carboxylic acid groups (broad SMARTS) is 1. The van der Waals surface area contributed by atoms with Gasteiger partial charge in [-0.05, 0) is 18.6 Å². The van der Waals surface area contributed by atoms with E-state index >= 15 is 0 Å². The Balaban J connectivity index is 3.09. The smallest absolute Gasteiger partial charge is 0.338 e. The zero-order valence-electron chi connectivity index (χ0n) is 11.0. The zero-order valence-corrected chi connectivity index (χ0v) is 12.6. The highest BCUT2D eigenvalue weighted by atomic mass is 35.5. The molecule has 1 aromatic rings. The molecule has 0 bridgehead atoms. The predicted molar refractivity (Wildman–Crippen MR) is 74.6 cm³/mol. The normalized spacial score (nSPS) is 11.6. The Morgan fingerprint density at radius 2 is 1.95 bits per heavy atom. The van der Waals surface area contributed by atoms with E-state index in [1.165, 1.54) is 0 Å². The van der Waals surface area contributed by atoms with Crippen molar-refractivity contribution in [3.63, 3.8) is 0 Å². The van der Waals surface area contributed by atoms with Crippen LogP contribution in [0.15, 0.2) is 17.0 Å². The third-order valence-corrected chi connectivity index (χ3v) is 4.85. The largest absolute Gasteiger partial charge is 0.478 e. The van der Waals surface area contributed by atoms with E-state index in [4.69, 9.17) is 16.7 Å². The first-order chi connectivity index (χ1) is 9.29. The van der Waals surface area contributed by atoms with E-state index in [-0.39, 0.29) is 10.8 Å². The van der Waals surface area contributed by atoms with E-state index in [2.05, 4.69) is 0 Å². The monoisotopic (exact) mass is 322 g/mol. The molecule has 0 amide bonds. The Labute approximate surface area is 122 Å². The number of unbranched alkanes of at least 4 members (excludes halogenated alkanes) is 3. The number of carboxylic acids is 1. The molecule has 1 N–H and O–H groups in total. The van der Waals surface area contributed by atoms with Gasteiger partial charge in [0, 0.05) is 5.02 Å². The maximum atomic E-state index is 14.0. The van der Waals surface area contributed by atoms with Gasteiger partial charge >= 0.3 is 5.97 Å². The van der Waals surface area contributed by atoms with Crippen molar-refractivity contribution in [2.24, 2.45) is 0 Å². The molecule has 0 fully saturated rings. The molecule has 20 heavy (non-hydrogen) atoms. The topological polar surface area (TPSA) is 71.4 Å². The Hall–Kier alpha value is -1.14. The van der Waals surface area contributed by atoms with Crippen molar-refractivity contribution in [1.82, 2.24) is 0 Å². The fraction of sp³-hybridized carbons (Fsp3) is 0.462. The van der Waals surface area contributed by atoms with Gasteiger partial charge in [-0.1, -0.05) is 37.8 Å². The molecule has 1 rings (SSSR count). The van der Waals surface area contributed by atoms with Gasteiger partial charge in [-0.2, -0.15) is 0 Å². The van der Waals surface area contributed by atoms with Gasteiger partial charge in [0.25, 0.3) is 0 Å². The molecule has 1 aromatic carbocycles. The average molecular weight is 323 g/mol. The highest BCUT2D eigenvalue weighted by Crippen LogP contribution is 2.25. The summed E-state index contributed by atoms with van der Waals surface area (Å²) in [7, 11) is -3.87.